The molecule has 0 unspecified atom stereocenters. The molecular formula is C26H25BrClN3O6S. The molecule has 1 aliphatic heterocycles. The largest absolute Gasteiger partial charge is 0.393 e. The van der Waals surface area contributed by atoms with Crippen LogP contribution in [0.4, 0.5) is 5.69 Å². The Labute approximate surface area is 234 Å². The number of benzene rings is 3. The standard InChI is InChI=1S/C26H25BrClN3O6S/c27-19-8-11-24(23(28)16-19)37-31(20-4-2-1-3-5-20)38(35,36)22-9-6-18(7-10-22)26(34)29-17-25(33)30-14-12-21(32)13-15-30/h1-11,16,21,32H,12-15,17H2,(H,29,34). The van der Waals surface area contributed by atoms with Crippen molar-refractivity contribution in [2.75, 3.05) is 24.1 Å². The van der Waals surface area contributed by atoms with E-state index in [1.807, 2.05) is 0 Å². The predicted octanol–water partition coefficient (Wildman–Crippen LogP) is 4.00. The van der Waals surface area contributed by atoms with Gasteiger partial charge >= 0.3 is 0 Å². The van der Waals surface area contributed by atoms with Gasteiger partial charge in [0.1, 0.15) is 0 Å². The molecule has 38 heavy (non-hydrogen) atoms. The smallest absolute Gasteiger partial charge is 0.295 e. The van der Waals surface area contributed by atoms with Crippen LogP contribution in [0.25, 0.3) is 0 Å². The second-order valence-corrected chi connectivity index (χ2v) is 11.6. The SMILES string of the molecule is O=C(NCC(=O)N1CCC(O)CC1)c1ccc(S(=O)(=O)N(Oc2ccc(Br)cc2Cl)c2ccccc2)cc1. The minimum absolute atomic E-state index is 0.117. The molecule has 3 aromatic rings. The summed E-state index contributed by atoms with van der Waals surface area (Å²) in [6.07, 6.45) is 0.610. The molecular weight excluding hydrogens is 598 g/mol. The van der Waals surface area contributed by atoms with Crippen molar-refractivity contribution in [3.63, 3.8) is 0 Å². The van der Waals surface area contributed by atoms with E-state index in [1.54, 1.807) is 53.4 Å². The Morgan fingerprint density at radius 1 is 1.05 bits per heavy atom. The van der Waals surface area contributed by atoms with Gasteiger partial charge in [-0.2, -0.15) is 8.42 Å². The summed E-state index contributed by atoms with van der Waals surface area (Å²) in [6.45, 7) is 0.681. The van der Waals surface area contributed by atoms with E-state index in [0.717, 1.165) is 4.47 Å². The van der Waals surface area contributed by atoms with Gasteiger partial charge in [0.15, 0.2) is 5.75 Å². The van der Waals surface area contributed by atoms with Crippen LogP contribution in [0, 0.1) is 0 Å². The number of aliphatic hydroxyl groups excluding tert-OH is 1. The zero-order chi connectivity index (χ0) is 27.3. The van der Waals surface area contributed by atoms with Crippen molar-refractivity contribution in [1.82, 2.24) is 10.2 Å². The van der Waals surface area contributed by atoms with E-state index < -0.39 is 22.0 Å². The Kier molecular flexibility index (Phi) is 8.93. The van der Waals surface area contributed by atoms with E-state index in [2.05, 4.69) is 21.2 Å². The highest BCUT2D eigenvalue weighted by atomic mass is 79.9. The number of likely N-dealkylation sites (tertiary alicyclic amines) is 1. The molecule has 200 valence electrons. The highest BCUT2D eigenvalue weighted by molar-refractivity contribution is 9.10. The summed E-state index contributed by atoms with van der Waals surface area (Å²) in [5.41, 5.74) is 0.436. The van der Waals surface area contributed by atoms with Crippen LogP contribution in [0.3, 0.4) is 0 Å². The minimum atomic E-state index is -4.24. The number of anilines is 1. The Hall–Kier alpha value is -3.12. The zero-order valence-electron chi connectivity index (χ0n) is 20.1. The Morgan fingerprint density at radius 2 is 1.71 bits per heavy atom. The van der Waals surface area contributed by atoms with Crippen molar-refractivity contribution in [1.29, 1.82) is 0 Å². The van der Waals surface area contributed by atoms with E-state index in [-0.39, 0.29) is 39.4 Å². The summed E-state index contributed by atoms with van der Waals surface area (Å²) in [4.78, 5) is 32.2. The number of piperidine rings is 1. The molecule has 0 saturated carbocycles. The topological polar surface area (TPSA) is 116 Å². The third-order valence-electron chi connectivity index (χ3n) is 5.89. The Morgan fingerprint density at radius 3 is 2.34 bits per heavy atom. The van der Waals surface area contributed by atoms with Gasteiger partial charge in [-0.3, -0.25) is 9.59 Å². The molecule has 1 saturated heterocycles. The van der Waals surface area contributed by atoms with E-state index >= 15 is 0 Å². The number of nitrogens with zero attached hydrogens (tertiary/aromatic N) is 2. The maximum atomic E-state index is 13.6. The lowest BCUT2D eigenvalue weighted by molar-refractivity contribution is -0.132. The average molecular weight is 623 g/mol. The Balaban J connectivity index is 1.49. The number of halogens is 2. The first-order chi connectivity index (χ1) is 18.1. The van der Waals surface area contributed by atoms with Gasteiger partial charge in [-0.05, 0) is 67.4 Å². The second-order valence-electron chi connectivity index (χ2n) is 8.55. The summed E-state index contributed by atoms with van der Waals surface area (Å²) in [7, 11) is -4.24. The molecule has 2 amide bonds. The molecule has 0 atom stereocenters. The van der Waals surface area contributed by atoms with Crippen LogP contribution in [0.15, 0.2) is 82.2 Å². The number of hydrogen-bond donors (Lipinski definition) is 2. The average Bonchev–Trinajstić information content (AvgIpc) is 2.92. The third kappa shape index (κ3) is 6.65. The first kappa shape index (κ1) is 27.9. The predicted molar refractivity (Wildman–Crippen MR) is 146 cm³/mol. The van der Waals surface area contributed by atoms with Crippen LogP contribution in [-0.2, 0) is 14.8 Å². The lowest BCUT2D eigenvalue weighted by Crippen LogP contribution is -2.45. The number of rotatable bonds is 8. The third-order valence-corrected chi connectivity index (χ3v) is 8.27. The normalized spacial score (nSPS) is 14.1. The highest BCUT2D eigenvalue weighted by Gasteiger charge is 2.29. The van der Waals surface area contributed by atoms with Gasteiger partial charge < -0.3 is 20.2 Å². The van der Waals surface area contributed by atoms with Crippen molar-refractivity contribution in [3.8, 4) is 5.75 Å². The maximum Gasteiger partial charge on any atom is 0.295 e. The van der Waals surface area contributed by atoms with Crippen LogP contribution in [-0.4, -0.2) is 56.0 Å². The van der Waals surface area contributed by atoms with Gasteiger partial charge in [-0.1, -0.05) is 50.2 Å². The van der Waals surface area contributed by atoms with Crippen LogP contribution in [0.2, 0.25) is 5.02 Å². The number of carbonyl (C=O) groups excluding carboxylic acids is 2. The number of sulfonamides is 1. The molecule has 4 rings (SSSR count). The monoisotopic (exact) mass is 621 g/mol. The number of carbonyl (C=O) groups is 2. The number of hydrogen-bond acceptors (Lipinski definition) is 6. The second kappa shape index (κ2) is 12.2. The molecule has 1 aliphatic rings. The fourth-order valence-corrected chi connectivity index (χ4v) is 5.74. The van der Waals surface area contributed by atoms with Gasteiger partial charge in [0.05, 0.1) is 28.3 Å². The van der Waals surface area contributed by atoms with Gasteiger partial charge in [0.25, 0.3) is 15.9 Å². The molecule has 1 heterocycles. The van der Waals surface area contributed by atoms with Crippen molar-refractivity contribution in [2.45, 2.75) is 23.8 Å². The summed E-state index contributed by atoms with van der Waals surface area (Å²) >= 11 is 9.57. The molecule has 0 bridgehead atoms. The lowest BCUT2D eigenvalue weighted by Gasteiger charge is -2.29. The minimum Gasteiger partial charge on any atom is -0.393 e. The number of nitrogens with one attached hydrogen (secondary N) is 1. The van der Waals surface area contributed by atoms with Crippen LogP contribution >= 0.6 is 27.5 Å². The molecule has 12 heteroatoms. The zero-order valence-corrected chi connectivity index (χ0v) is 23.2. The number of para-hydroxylation sites is 1. The van der Waals surface area contributed by atoms with Gasteiger partial charge in [-0.15, -0.1) is 0 Å². The summed E-state index contributed by atoms with van der Waals surface area (Å²) in [5.74, 6) is -0.630. The van der Waals surface area contributed by atoms with Crippen molar-refractivity contribution < 1.29 is 28.0 Å². The van der Waals surface area contributed by atoms with E-state index in [0.29, 0.717) is 30.4 Å². The molecule has 0 spiro atoms. The summed E-state index contributed by atoms with van der Waals surface area (Å²) in [6, 6.07) is 18.3. The maximum absolute atomic E-state index is 13.6. The molecule has 0 radical (unpaired) electrons. The Bertz CT molecular complexity index is 1400. The molecule has 1 fully saturated rings. The number of amides is 2. The van der Waals surface area contributed by atoms with Crippen molar-refractivity contribution in [3.05, 3.63) is 87.9 Å². The van der Waals surface area contributed by atoms with Crippen LogP contribution in [0.1, 0.15) is 23.2 Å². The summed E-state index contributed by atoms with van der Waals surface area (Å²) < 4.78 is 28.7. The van der Waals surface area contributed by atoms with Crippen molar-refractivity contribution >= 4 is 55.1 Å². The van der Waals surface area contributed by atoms with E-state index in [9.17, 15) is 23.1 Å². The first-order valence-corrected chi connectivity index (χ1v) is 14.3. The van der Waals surface area contributed by atoms with E-state index in [1.165, 1.54) is 24.3 Å². The fraction of sp³-hybridized carbons (Fsp3) is 0.231. The lowest BCUT2D eigenvalue weighted by atomic mass is 10.1. The van der Waals surface area contributed by atoms with E-state index in [4.69, 9.17) is 16.4 Å². The summed E-state index contributed by atoms with van der Waals surface area (Å²) in [5, 5.41) is 12.3. The highest BCUT2D eigenvalue weighted by Crippen LogP contribution is 2.32. The molecule has 0 aliphatic carbocycles. The van der Waals surface area contributed by atoms with Gasteiger partial charge in [0, 0.05) is 23.1 Å². The molecule has 3 aromatic carbocycles. The van der Waals surface area contributed by atoms with Crippen molar-refractivity contribution in [2.24, 2.45) is 0 Å². The molecule has 0 aromatic heterocycles. The van der Waals surface area contributed by atoms with Crippen LogP contribution in [0.5, 0.6) is 5.75 Å². The van der Waals surface area contributed by atoms with Gasteiger partial charge in [0.2, 0.25) is 5.91 Å². The number of aliphatic hydroxyl groups is 1. The molecule has 9 nitrogen and oxygen atoms in total. The molecule has 2 N–H and O–H groups in total. The fourth-order valence-electron chi connectivity index (χ4n) is 3.79. The quantitative estimate of drug-likeness (QED) is 0.367. The van der Waals surface area contributed by atoms with Gasteiger partial charge in [-0.25, -0.2) is 0 Å². The van der Waals surface area contributed by atoms with Crippen LogP contribution < -0.4 is 14.6 Å². The first-order valence-electron chi connectivity index (χ1n) is 11.7.